The number of benzene rings is 1. The van der Waals surface area contributed by atoms with Crippen molar-refractivity contribution in [3.63, 3.8) is 0 Å². The van der Waals surface area contributed by atoms with Crippen LogP contribution in [-0.4, -0.2) is 18.4 Å². The first-order valence-corrected chi connectivity index (χ1v) is 6.14. The fourth-order valence-electron chi connectivity index (χ4n) is 1.98. The zero-order valence-corrected chi connectivity index (χ0v) is 10.3. The number of halogens is 2. The first kappa shape index (κ1) is 11.9. The van der Waals surface area contributed by atoms with E-state index in [-0.39, 0.29) is 5.78 Å². The van der Waals surface area contributed by atoms with Crippen LogP contribution in [0.1, 0.15) is 29.6 Å². The summed E-state index contributed by atoms with van der Waals surface area (Å²) in [6.07, 6.45) is 2.70. The molecule has 1 N–H and O–H groups in total. The van der Waals surface area contributed by atoms with E-state index in [4.69, 9.17) is 23.2 Å². The molecule has 16 heavy (non-hydrogen) atoms. The zero-order chi connectivity index (χ0) is 11.5. The molecular weight excluding hydrogens is 245 g/mol. The van der Waals surface area contributed by atoms with Gasteiger partial charge in [0, 0.05) is 23.0 Å². The number of rotatable bonds is 3. The third-order valence-electron chi connectivity index (χ3n) is 2.82. The largest absolute Gasteiger partial charge is 0.314 e. The van der Waals surface area contributed by atoms with Crippen LogP contribution in [0.4, 0.5) is 0 Å². The Labute approximate surface area is 105 Å². The standard InChI is InChI=1S/C12H13Cl2NO/c13-8-3-4-11(14)10(6-8)12(16)7-9-2-1-5-15-9/h3-4,6,9,15H,1-2,5,7H2. The summed E-state index contributed by atoms with van der Waals surface area (Å²) in [6.45, 7) is 1.00. The van der Waals surface area contributed by atoms with Crippen LogP contribution in [0.5, 0.6) is 0 Å². The molecule has 4 heteroatoms. The van der Waals surface area contributed by atoms with Crippen molar-refractivity contribution >= 4 is 29.0 Å². The monoisotopic (exact) mass is 257 g/mol. The third kappa shape index (κ3) is 2.76. The van der Waals surface area contributed by atoms with Crippen LogP contribution in [0.25, 0.3) is 0 Å². The van der Waals surface area contributed by atoms with Crippen molar-refractivity contribution in [2.75, 3.05) is 6.54 Å². The van der Waals surface area contributed by atoms with Gasteiger partial charge in [0.15, 0.2) is 5.78 Å². The molecule has 86 valence electrons. The molecule has 0 spiro atoms. The minimum atomic E-state index is 0.0619. The predicted molar refractivity (Wildman–Crippen MR) is 66.4 cm³/mol. The Bertz CT molecular complexity index is 400. The third-order valence-corrected chi connectivity index (χ3v) is 3.39. The average molecular weight is 258 g/mol. The van der Waals surface area contributed by atoms with Crippen LogP contribution in [0, 0.1) is 0 Å². The van der Waals surface area contributed by atoms with Gasteiger partial charge in [0.2, 0.25) is 0 Å². The van der Waals surface area contributed by atoms with Crippen molar-refractivity contribution in [3.8, 4) is 0 Å². The molecule has 1 aliphatic rings. The topological polar surface area (TPSA) is 29.1 Å². The molecule has 1 aromatic carbocycles. The van der Waals surface area contributed by atoms with E-state index in [2.05, 4.69) is 5.32 Å². The maximum Gasteiger partial charge on any atom is 0.165 e. The van der Waals surface area contributed by atoms with Crippen molar-refractivity contribution in [1.82, 2.24) is 5.32 Å². The lowest BCUT2D eigenvalue weighted by Crippen LogP contribution is -2.24. The highest BCUT2D eigenvalue weighted by Crippen LogP contribution is 2.23. The van der Waals surface area contributed by atoms with Crippen molar-refractivity contribution in [1.29, 1.82) is 0 Å². The number of carbonyl (C=O) groups excluding carboxylic acids is 1. The summed E-state index contributed by atoms with van der Waals surface area (Å²) in [5, 5.41) is 4.32. The summed E-state index contributed by atoms with van der Waals surface area (Å²) < 4.78 is 0. The molecular formula is C12H13Cl2NO. The van der Waals surface area contributed by atoms with Gasteiger partial charge in [0.1, 0.15) is 0 Å². The number of carbonyl (C=O) groups is 1. The van der Waals surface area contributed by atoms with Gasteiger partial charge in [-0.05, 0) is 37.6 Å². The first-order chi connectivity index (χ1) is 7.66. The smallest absolute Gasteiger partial charge is 0.165 e. The molecule has 1 fully saturated rings. The van der Waals surface area contributed by atoms with E-state index in [0.29, 0.717) is 28.1 Å². The number of Topliss-reactive ketones (excluding diaryl/α,β-unsaturated/α-hetero) is 1. The first-order valence-electron chi connectivity index (χ1n) is 5.38. The van der Waals surface area contributed by atoms with Gasteiger partial charge >= 0.3 is 0 Å². The second-order valence-corrected chi connectivity index (χ2v) is 4.89. The molecule has 0 amide bonds. The quantitative estimate of drug-likeness (QED) is 0.842. The molecule has 1 aliphatic heterocycles. The van der Waals surface area contributed by atoms with Crippen LogP contribution in [0.15, 0.2) is 18.2 Å². The second kappa shape index (κ2) is 5.17. The average Bonchev–Trinajstić information content (AvgIpc) is 2.74. The summed E-state index contributed by atoms with van der Waals surface area (Å²) in [5.41, 5.74) is 0.530. The summed E-state index contributed by atoms with van der Waals surface area (Å²) in [6, 6.07) is 5.29. The van der Waals surface area contributed by atoms with Crippen LogP contribution in [0.3, 0.4) is 0 Å². The lowest BCUT2D eigenvalue weighted by atomic mass is 10.0. The SMILES string of the molecule is O=C(CC1CCCN1)c1cc(Cl)ccc1Cl. The van der Waals surface area contributed by atoms with E-state index >= 15 is 0 Å². The Hall–Kier alpha value is -0.570. The van der Waals surface area contributed by atoms with Crippen LogP contribution < -0.4 is 5.32 Å². The summed E-state index contributed by atoms with van der Waals surface area (Å²) in [7, 11) is 0. The Morgan fingerprint density at radius 1 is 1.44 bits per heavy atom. The highest BCUT2D eigenvalue weighted by molar-refractivity contribution is 6.35. The Morgan fingerprint density at radius 3 is 2.94 bits per heavy atom. The van der Waals surface area contributed by atoms with Crippen molar-refractivity contribution < 1.29 is 4.79 Å². The van der Waals surface area contributed by atoms with Gasteiger partial charge in [-0.2, -0.15) is 0 Å². The lowest BCUT2D eigenvalue weighted by molar-refractivity contribution is 0.0972. The zero-order valence-electron chi connectivity index (χ0n) is 8.80. The van der Waals surface area contributed by atoms with Crippen molar-refractivity contribution in [2.24, 2.45) is 0 Å². The van der Waals surface area contributed by atoms with Gasteiger partial charge in [-0.1, -0.05) is 23.2 Å². The maximum absolute atomic E-state index is 12.0. The molecule has 1 saturated heterocycles. The normalized spacial score (nSPS) is 20.0. The van der Waals surface area contributed by atoms with Crippen LogP contribution in [0.2, 0.25) is 10.0 Å². The second-order valence-electron chi connectivity index (χ2n) is 4.04. The molecule has 1 heterocycles. The number of hydrogen-bond donors (Lipinski definition) is 1. The molecule has 0 bridgehead atoms. The van der Waals surface area contributed by atoms with E-state index in [0.717, 1.165) is 19.4 Å². The number of hydrogen-bond acceptors (Lipinski definition) is 2. The molecule has 2 nitrogen and oxygen atoms in total. The van der Waals surface area contributed by atoms with Gasteiger partial charge in [0.05, 0.1) is 5.02 Å². The fraction of sp³-hybridized carbons (Fsp3) is 0.417. The van der Waals surface area contributed by atoms with E-state index in [9.17, 15) is 4.79 Å². The minimum Gasteiger partial charge on any atom is -0.314 e. The highest BCUT2D eigenvalue weighted by atomic mass is 35.5. The van der Waals surface area contributed by atoms with Gasteiger partial charge in [-0.15, -0.1) is 0 Å². The Balaban J connectivity index is 2.10. The molecule has 0 aromatic heterocycles. The van der Waals surface area contributed by atoms with E-state index in [1.165, 1.54) is 0 Å². The Morgan fingerprint density at radius 2 is 2.25 bits per heavy atom. The highest BCUT2D eigenvalue weighted by Gasteiger charge is 2.20. The van der Waals surface area contributed by atoms with Crippen molar-refractivity contribution in [3.05, 3.63) is 33.8 Å². The molecule has 0 aliphatic carbocycles. The van der Waals surface area contributed by atoms with Gasteiger partial charge in [-0.25, -0.2) is 0 Å². The minimum absolute atomic E-state index is 0.0619. The van der Waals surface area contributed by atoms with Gasteiger partial charge in [0.25, 0.3) is 0 Å². The molecule has 2 rings (SSSR count). The lowest BCUT2D eigenvalue weighted by Gasteiger charge is -2.10. The Kier molecular flexibility index (Phi) is 3.85. The van der Waals surface area contributed by atoms with Crippen molar-refractivity contribution in [2.45, 2.75) is 25.3 Å². The molecule has 1 aromatic rings. The summed E-state index contributed by atoms with van der Waals surface area (Å²) in [4.78, 5) is 12.0. The van der Waals surface area contributed by atoms with E-state index in [1.807, 2.05) is 0 Å². The molecule has 1 atom stereocenters. The number of nitrogens with one attached hydrogen (secondary N) is 1. The molecule has 0 saturated carbocycles. The van der Waals surface area contributed by atoms with E-state index in [1.54, 1.807) is 18.2 Å². The van der Waals surface area contributed by atoms with Crippen LogP contribution >= 0.6 is 23.2 Å². The maximum atomic E-state index is 12.0. The number of ketones is 1. The summed E-state index contributed by atoms with van der Waals surface area (Å²) in [5.74, 6) is 0.0619. The molecule has 0 radical (unpaired) electrons. The van der Waals surface area contributed by atoms with Gasteiger partial charge < -0.3 is 5.32 Å². The van der Waals surface area contributed by atoms with Crippen LogP contribution in [-0.2, 0) is 0 Å². The molecule has 1 unspecified atom stereocenters. The fourth-order valence-corrected chi connectivity index (χ4v) is 2.37. The van der Waals surface area contributed by atoms with E-state index < -0.39 is 0 Å². The predicted octanol–water partition coefficient (Wildman–Crippen LogP) is 3.32. The van der Waals surface area contributed by atoms with Gasteiger partial charge in [-0.3, -0.25) is 4.79 Å². The summed E-state index contributed by atoms with van der Waals surface area (Å²) >= 11 is 11.8.